The Morgan fingerprint density at radius 2 is 1.42 bits per heavy atom. The minimum atomic E-state index is 0.171. The van der Waals surface area contributed by atoms with Crippen LogP contribution in [0.2, 0.25) is 0 Å². The highest BCUT2D eigenvalue weighted by atomic mass is 16.2. The van der Waals surface area contributed by atoms with Crippen molar-refractivity contribution in [2.45, 2.75) is 26.7 Å². The Labute approximate surface area is 157 Å². The highest BCUT2D eigenvalue weighted by Crippen LogP contribution is 2.21. The fraction of sp³-hybridized carbons (Fsp3) is 0.737. The van der Waals surface area contributed by atoms with E-state index in [0.717, 1.165) is 76.8 Å². The molecule has 7 nitrogen and oxygen atoms in total. The number of anilines is 2. The van der Waals surface area contributed by atoms with Gasteiger partial charge >= 0.3 is 0 Å². The summed E-state index contributed by atoms with van der Waals surface area (Å²) < 4.78 is 0. The van der Waals surface area contributed by atoms with Gasteiger partial charge < -0.3 is 19.6 Å². The predicted molar refractivity (Wildman–Crippen MR) is 105 cm³/mol. The monoisotopic (exact) mass is 360 g/mol. The zero-order valence-electron chi connectivity index (χ0n) is 16.4. The molecule has 1 amide bonds. The lowest BCUT2D eigenvalue weighted by Crippen LogP contribution is -2.50. The van der Waals surface area contributed by atoms with Crippen LogP contribution in [-0.4, -0.2) is 85.1 Å². The van der Waals surface area contributed by atoms with Crippen LogP contribution in [0.4, 0.5) is 11.6 Å². The van der Waals surface area contributed by atoms with Gasteiger partial charge in [0.1, 0.15) is 18.0 Å². The Morgan fingerprint density at radius 1 is 0.923 bits per heavy atom. The number of aromatic nitrogens is 2. The molecular formula is C19H32N6O. The molecule has 3 rings (SSSR count). The largest absolute Gasteiger partial charge is 0.354 e. The van der Waals surface area contributed by atoms with Crippen molar-refractivity contribution < 1.29 is 4.79 Å². The average molecular weight is 361 g/mol. The number of likely N-dealkylation sites (N-methyl/N-ethyl adjacent to an activating group) is 1. The molecule has 2 saturated heterocycles. The summed E-state index contributed by atoms with van der Waals surface area (Å²) in [4.78, 5) is 30.5. The van der Waals surface area contributed by atoms with Crippen molar-refractivity contribution in [3.8, 4) is 0 Å². The normalized spacial score (nSPS) is 19.3. The van der Waals surface area contributed by atoms with Gasteiger partial charge in [0, 0.05) is 64.3 Å². The van der Waals surface area contributed by atoms with Crippen molar-refractivity contribution in [2.24, 2.45) is 5.92 Å². The Balaban J connectivity index is 1.59. The predicted octanol–water partition coefficient (Wildman–Crippen LogP) is 1.31. The van der Waals surface area contributed by atoms with E-state index in [1.165, 1.54) is 0 Å². The molecule has 0 N–H and O–H groups in total. The molecule has 144 valence electrons. The van der Waals surface area contributed by atoms with E-state index in [4.69, 9.17) is 0 Å². The molecule has 0 radical (unpaired) electrons. The SMILES string of the molecule is CCC(CC)C(=O)N1CCN(c2cc(N3CCN(C)CC3)ncn2)CC1. The summed E-state index contributed by atoms with van der Waals surface area (Å²) >= 11 is 0. The van der Waals surface area contributed by atoms with Crippen molar-refractivity contribution in [3.05, 3.63) is 12.4 Å². The van der Waals surface area contributed by atoms with Gasteiger partial charge in [-0.15, -0.1) is 0 Å². The van der Waals surface area contributed by atoms with E-state index in [2.05, 4.69) is 51.6 Å². The van der Waals surface area contributed by atoms with Crippen molar-refractivity contribution in [2.75, 3.05) is 69.2 Å². The fourth-order valence-electron chi connectivity index (χ4n) is 3.77. The molecule has 7 heteroatoms. The second-order valence-electron chi connectivity index (χ2n) is 7.35. The van der Waals surface area contributed by atoms with Gasteiger partial charge in [-0.1, -0.05) is 13.8 Å². The van der Waals surface area contributed by atoms with E-state index in [1.807, 2.05) is 4.90 Å². The third kappa shape index (κ3) is 4.26. The molecular weight excluding hydrogens is 328 g/mol. The fourth-order valence-corrected chi connectivity index (χ4v) is 3.77. The third-order valence-electron chi connectivity index (χ3n) is 5.72. The van der Waals surface area contributed by atoms with E-state index in [9.17, 15) is 4.79 Å². The van der Waals surface area contributed by atoms with E-state index in [0.29, 0.717) is 5.91 Å². The van der Waals surface area contributed by atoms with Gasteiger partial charge in [0.15, 0.2) is 0 Å². The van der Waals surface area contributed by atoms with Gasteiger partial charge in [-0.05, 0) is 19.9 Å². The number of piperazine rings is 2. The van der Waals surface area contributed by atoms with Gasteiger partial charge in [0.05, 0.1) is 0 Å². The standard InChI is InChI=1S/C19H32N6O/c1-4-16(5-2)19(26)25-12-10-24(11-13-25)18-14-17(20-15-21-18)23-8-6-22(3)7-9-23/h14-16H,4-13H2,1-3H3. The number of rotatable bonds is 5. The third-order valence-corrected chi connectivity index (χ3v) is 5.72. The van der Waals surface area contributed by atoms with Gasteiger partial charge in [0.25, 0.3) is 0 Å². The second-order valence-corrected chi connectivity index (χ2v) is 7.35. The van der Waals surface area contributed by atoms with Crippen LogP contribution in [-0.2, 0) is 4.79 Å². The molecule has 2 aliphatic rings. The van der Waals surface area contributed by atoms with E-state index < -0.39 is 0 Å². The summed E-state index contributed by atoms with van der Waals surface area (Å²) in [6, 6.07) is 2.10. The average Bonchev–Trinajstić information content (AvgIpc) is 2.69. The van der Waals surface area contributed by atoms with Gasteiger partial charge in [0.2, 0.25) is 5.91 Å². The van der Waals surface area contributed by atoms with Crippen LogP contribution in [0, 0.1) is 5.92 Å². The lowest BCUT2D eigenvalue weighted by molar-refractivity contribution is -0.136. The number of amides is 1. The highest BCUT2D eigenvalue weighted by molar-refractivity contribution is 5.79. The van der Waals surface area contributed by atoms with Crippen LogP contribution in [0.15, 0.2) is 12.4 Å². The van der Waals surface area contributed by atoms with Crippen LogP contribution in [0.25, 0.3) is 0 Å². The molecule has 2 aliphatic heterocycles. The van der Waals surface area contributed by atoms with Gasteiger partial charge in [-0.2, -0.15) is 0 Å². The van der Waals surface area contributed by atoms with Crippen molar-refractivity contribution in [3.63, 3.8) is 0 Å². The van der Waals surface area contributed by atoms with Crippen molar-refractivity contribution in [1.29, 1.82) is 0 Å². The first-order valence-corrected chi connectivity index (χ1v) is 9.91. The molecule has 0 aliphatic carbocycles. The Morgan fingerprint density at radius 3 is 1.92 bits per heavy atom. The first-order chi connectivity index (χ1) is 12.6. The molecule has 2 fully saturated rings. The van der Waals surface area contributed by atoms with Crippen molar-refractivity contribution in [1.82, 2.24) is 19.8 Å². The van der Waals surface area contributed by atoms with Crippen LogP contribution < -0.4 is 9.80 Å². The molecule has 0 saturated carbocycles. The Kier molecular flexibility index (Phi) is 6.29. The summed E-state index contributed by atoms with van der Waals surface area (Å²) in [5.41, 5.74) is 0. The molecule has 0 bridgehead atoms. The molecule has 1 aromatic heterocycles. The maximum Gasteiger partial charge on any atom is 0.225 e. The lowest BCUT2D eigenvalue weighted by Gasteiger charge is -2.37. The molecule has 26 heavy (non-hydrogen) atoms. The zero-order chi connectivity index (χ0) is 18.5. The number of carbonyl (C=O) groups excluding carboxylic acids is 1. The smallest absolute Gasteiger partial charge is 0.225 e. The quantitative estimate of drug-likeness (QED) is 0.789. The summed E-state index contributed by atoms with van der Waals surface area (Å²) in [6.45, 7) is 11.6. The number of hydrogen-bond acceptors (Lipinski definition) is 6. The van der Waals surface area contributed by atoms with Gasteiger partial charge in [-0.25, -0.2) is 9.97 Å². The number of carbonyl (C=O) groups is 1. The minimum absolute atomic E-state index is 0.171. The molecule has 1 aromatic rings. The highest BCUT2D eigenvalue weighted by Gasteiger charge is 2.26. The molecule has 3 heterocycles. The van der Waals surface area contributed by atoms with Crippen LogP contribution in [0.1, 0.15) is 26.7 Å². The summed E-state index contributed by atoms with van der Waals surface area (Å²) in [7, 11) is 2.16. The first kappa shape index (κ1) is 18.9. The van der Waals surface area contributed by atoms with E-state index >= 15 is 0 Å². The van der Waals surface area contributed by atoms with E-state index in [1.54, 1.807) is 6.33 Å². The van der Waals surface area contributed by atoms with Crippen LogP contribution in [0.3, 0.4) is 0 Å². The van der Waals surface area contributed by atoms with Gasteiger partial charge in [-0.3, -0.25) is 4.79 Å². The molecule has 0 spiro atoms. The zero-order valence-corrected chi connectivity index (χ0v) is 16.4. The Bertz CT molecular complexity index is 589. The van der Waals surface area contributed by atoms with Crippen LogP contribution >= 0.6 is 0 Å². The number of nitrogens with zero attached hydrogens (tertiary/aromatic N) is 6. The molecule has 0 atom stereocenters. The topological polar surface area (TPSA) is 55.8 Å². The molecule has 0 unspecified atom stereocenters. The maximum atomic E-state index is 12.6. The number of hydrogen-bond donors (Lipinski definition) is 0. The maximum absolute atomic E-state index is 12.6. The summed E-state index contributed by atoms with van der Waals surface area (Å²) in [5, 5.41) is 0. The first-order valence-electron chi connectivity index (χ1n) is 9.91. The summed E-state index contributed by atoms with van der Waals surface area (Å²) in [5.74, 6) is 2.47. The minimum Gasteiger partial charge on any atom is -0.354 e. The lowest BCUT2D eigenvalue weighted by atomic mass is 10.0. The summed E-state index contributed by atoms with van der Waals surface area (Å²) in [6.07, 6.45) is 3.52. The molecule has 0 aromatic carbocycles. The van der Waals surface area contributed by atoms with Crippen LogP contribution in [0.5, 0.6) is 0 Å². The Hall–Kier alpha value is -1.89. The van der Waals surface area contributed by atoms with Crippen molar-refractivity contribution >= 4 is 17.5 Å². The second kappa shape index (κ2) is 8.66. The van der Waals surface area contributed by atoms with E-state index in [-0.39, 0.29) is 5.92 Å².